The van der Waals surface area contributed by atoms with Crippen molar-refractivity contribution in [3.8, 4) is 50.1 Å². The van der Waals surface area contributed by atoms with Gasteiger partial charge in [0.2, 0.25) is 0 Å². The van der Waals surface area contributed by atoms with Crippen LogP contribution in [0.2, 0.25) is 0 Å². The van der Waals surface area contributed by atoms with Crippen molar-refractivity contribution in [2.24, 2.45) is 0 Å². The second-order valence-corrected chi connectivity index (χ2v) is 18.1. The van der Waals surface area contributed by atoms with E-state index in [0.29, 0.717) is 0 Å². The molecule has 0 N–H and O–H groups in total. The van der Waals surface area contributed by atoms with Gasteiger partial charge in [-0.1, -0.05) is 97.1 Å². The highest BCUT2D eigenvalue weighted by Gasteiger charge is 2.16. The molecule has 2 nitrogen and oxygen atoms in total. The number of hydrogen-bond donors (Lipinski definition) is 0. The van der Waals surface area contributed by atoms with Crippen molar-refractivity contribution in [2.75, 3.05) is 9.80 Å². The second kappa shape index (κ2) is 16.3. The molecule has 58 heavy (non-hydrogen) atoms. The van der Waals surface area contributed by atoms with E-state index in [4.69, 9.17) is 0 Å². The average molecular weight is 817 g/mol. The molecule has 6 aromatic carbocycles. The maximum atomic E-state index is 2.30. The summed E-state index contributed by atoms with van der Waals surface area (Å²) < 4.78 is 0. The Morgan fingerprint density at radius 2 is 0.397 bits per heavy atom. The van der Waals surface area contributed by atoms with Crippen LogP contribution in [-0.2, 0) is 0 Å². The quantitative estimate of drug-likeness (QED) is 0.128. The smallest absolute Gasteiger partial charge is 0.0462 e. The molecule has 0 saturated carbocycles. The van der Waals surface area contributed by atoms with Crippen LogP contribution in [0.3, 0.4) is 0 Å². The summed E-state index contributed by atoms with van der Waals surface area (Å²) in [5.74, 6) is 0. The van der Waals surface area contributed by atoms with Crippen LogP contribution in [-0.4, -0.2) is 0 Å². The summed E-state index contributed by atoms with van der Waals surface area (Å²) in [5.41, 5.74) is 9.30. The lowest BCUT2D eigenvalue weighted by Crippen LogP contribution is -2.09. The van der Waals surface area contributed by atoms with E-state index in [2.05, 4.69) is 228 Å². The first-order chi connectivity index (χ1) is 28.7. The third-order valence-corrected chi connectivity index (χ3v) is 15.1. The Labute approximate surface area is 355 Å². The van der Waals surface area contributed by atoms with E-state index in [1.54, 1.807) is 0 Å². The largest absolute Gasteiger partial charge is 0.311 e. The van der Waals surface area contributed by atoms with Gasteiger partial charge >= 0.3 is 0 Å². The molecule has 0 unspecified atom stereocenters. The number of thiophene rings is 4. The first-order valence-electron chi connectivity index (χ1n) is 19.2. The fraction of sp³-hybridized carbons (Fsp3) is 0. The van der Waals surface area contributed by atoms with Crippen LogP contribution in [0.15, 0.2) is 218 Å². The highest BCUT2D eigenvalue weighted by molar-refractivity contribution is 7.29. The van der Waals surface area contributed by atoms with Crippen molar-refractivity contribution in [1.82, 2.24) is 0 Å². The van der Waals surface area contributed by atoms with Crippen molar-refractivity contribution in [3.63, 3.8) is 0 Å². The maximum Gasteiger partial charge on any atom is 0.0462 e. The minimum absolute atomic E-state index is 1.14. The van der Waals surface area contributed by atoms with E-state index < -0.39 is 0 Å². The van der Waals surface area contributed by atoms with Gasteiger partial charge in [0.25, 0.3) is 0 Å². The fourth-order valence-corrected chi connectivity index (χ4v) is 11.5. The fourth-order valence-electron chi connectivity index (χ4n) is 7.21. The van der Waals surface area contributed by atoms with Crippen molar-refractivity contribution >= 4 is 79.5 Å². The molecule has 0 saturated heterocycles. The Bertz CT molecular complexity index is 2590. The van der Waals surface area contributed by atoms with Crippen molar-refractivity contribution in [1.29, 1.82) is 0 Å². The number of rotatable bonds is 11. The lowest BCUT2D eigenvalue weighted by atomic mass is 10.1. The second-order valence-electron chi connectivity index (χ2n) is 13.8. The summed E-state index contributed by atoms with van der Waals surface area (Å²) in [6.45, 7) is 0. The molecule has 0 bridgehead atoms. The van der Waals surface area contributed by atoms with E-state index in [9.17, 15) is 0 Å². The topological polar surface area (TPSA) is 6.48 Å². The summed E-state index contributed by atoms with van der Waals surface area (Å²) in [6, 6.07) is 78.3. The predicted molar refractivity (Wildman–Crippen MR) is 254 cm³/mol. The Kier molecular flexibility index (Phi) is 10.1. The average Bonchev–Trinajstić information content (AvgIpc) is 4.14. The normalized spacial score (nSPS) is 11.1. The minimum Gasteiger partial charge on any atom is -0.311 e. The van der Waals surface area contributed by atoms with E-state index in [0.717, 1.165) is 34.1 Å². The highest BCUT2D eigenvalue weighted by Crippen LogP contribution is 2.46. The van der Waals surface area contributed by atoms with Gasteiger partial charge in [0.1, 0.15) is 0 Å². The van der Waals surface area contributed by atoms with Gasteiger partial charge in [0.05, 0.1) is 0 Å². The van der Waals surface area contributed by atoms with Crippen LogP contribution < -0.4 is 9.80 Å². The number of para-hydroxylation sites is 4. The van der Waals surface area contributed by atoms with Crippen LogP contribution in [0, 0.1) is 0 Å². The van der Waals surface area contributed by atoms with Gasteiger partial charge in [0, 0.05) is 73.1 Å². The van der Waals surface area contributed by atoms with Gasteiger partial charge in [-0.25, -0.2) is 0 Å². The van der Waals surface area contributed by atoms with Gasteiger partial charge in [-0.3, -0.25) is 0 Å². The molecule has 6 heteroatoms. The molecule has 0 aliphatic heterocycles. The first kappa shape index (κ1) is 36.1. The summed E-state index contributed by atoms with van der Waals surface area (Å²) in [7, 11) is 0. The molecule has 4 aromatic heterocycles. The molecule has 278 valence electrons. The number of benzene rings is 6. The lowest BCUT2D eigenvalue weighted by molar-refractivity contribution is 1.28. The summed E-state index contributed by atoms with van der Waals surface area (Å²) in [6.07, 6.45) is 0. The molecule has 0 spiro atoms. The van der Waals surface area contributed by atoms with Crippen LogP contribution >= 0.6 is 45.3 Å². The summed E-state index contributed by atoms with van der Waals surface area (Å²) in [5, 5.41) is 0. The molecule has 0 aliphatic carbocycles. The van der Waals surface area contributed by atoms with Crippen LogP contribution in [0.1, 0.15) is 0 Å². The molecule has 0 atom stereocenters. The van der Waals surface area contributed by atoms with Gasteiger partial charge in [-0.2, -0.15) is 0 Å². The van der Waals surface area contributed by atoms with E-state index in [1.807, 2.05) is 45.3 Å². The van der Waals surface area contributed by atoms with Gasteiger partial charge in [-0.05, 0) is 132 Å². The van der Waals surface area contributed by atoms with Crippen molar-refractivity contribution in [3.05, 3.63) is 218 Å². The number of nitrogens with zero attached hydrogens (tertiary/aromatic N) is 2. The number of anilines is 6. The standard InChI is InChI=1S/C52H36N2S4/c1-5-13-39(14-6-1)53(40-15-7-2-8-16-40)43-25-21-37(22-26-43)45-29-31-47(55-45)49-33-35-51(57-49)52-36-34-50(58-52)48-32-30-46(56-48)38-23-27-44(28-24-38)54(41-17-9-3-10-18-41)42-19-11-4-12-20-42/h1-36H. The van der Waals surface area contributed by atoms with E-state index in [1.165, 1.54) is 50.1 Å². The zero-order valence-electron chi connectivity index (χ0n) is 31.3. The molecule has 10 rings (SSSR count). The molecular formula is C52H36N2S4. The molecule has 0 amide bonds. The van der Waals surface area contributed by atoms with Crippen molar-refractivity contribution in [2.45, 2.75) is 0 Å². The van der Waals surface area contributed by atoms with Crippen LogP contribution in [0.4, 0.5) is 34.1 Å². The monoisotopic (exact) mass is 816 g/mol. The maximum absolute atomic E-state index is 2.30. The van der Waals surface area contributed by atoms with Crippen LogP contribution in [0.25, 0.3) is 50.1 Å². The summed E-state index contributed by atoms with van der Waals surface area (Å²) >= 11 is 7.46. The predicted octanol–water partition coefficient (Wildman–Crippen LogP) is 17.2. The van der Waals surface area contributed by atoms with Gasteiger partial charge < -0.3 is 9.80 Å². The Morgan fingerprint density at radius 1 is 0.190 bits per heavy atom. The van der Waals surface area contributed by atoms with E-state index in [-0.39, 0.29) is 0 Å². The van der Waals surface area contributed by atoms with Crippen molar-refractivity contribution < 1.29 is 0 Å². The van der Waals surface area contributed by atoms with Crippen LogP contribution in [0.5, 0.6) is 0 Å². The lowest BCUT2D eigenvalue weighted by Gasteiger charge is -2.25. The highest BCUT2D eigenvalue weighted by atomic mass is 32.1. The molecular weight excluding hydrogens is 781 g/mol. The number of hydrogen-bond acceptors (Lipinski definition) is 6. The molecule has 0 fully saturated rings. The van der Waals surface area contributed by atoms with E-state index >= 15 is 0 Å². The summed E-state index contributed by atoms with van der Waals surface area (Å²) in [4.78, 5) is 15.0. The minimum atomic E-state index is 1.14. The molecule has 0 aliphatic rings. The molecule has 4 heterocycles. The molecule has 0 radical (unpaired) electrons. The molecule has 10 aromatic rings. The zero-order valence-corrected chi connectivity index (χ0v) is 34.6. The third kappa shape index (κ3) is 7.47. The Morgan fingerprint density at radius 3 is 0.655 bits per heavy atom. The first-order valence-corrected chi connectivity index (χ1v) is 22.4. The van der Waals surface area contributed by atoms with Gasteiger partial charge in [-0.15, -0.1) is 45.3 Å². The SMILES string of the molecule is c1ccc(N(c2ccccc2)c2ccc(-c3ccc(-c4ccc(-c5ccc(-c6ccc(-c7ccc(N(c8ccccc8)c8ccccc8)cc7)s6)s5)s4)s3)cc2)cc1. The third-order valence-electron chi connectivity index (χ3n) is 10.0. The zero-order chi connectivity index (χ0) is 38.7. The Balaban J connectivity index is 0.837. The Hall–Kier alpha value is -6.28. The van der Waals surface area contributed by atoms with Gasteiger partial charge in [0.15, 0.2) is 0 Å².